The SMILES string of the molecule is Cc1ncccc1Cn1ccc(N)n1. The Morgan fingerprint density at radius 1 is 1.43 bits per heavy atom. The van der Waals surface area contributed by atoms with E-state index in [9.17, 15) is 0 Å². The molecule has 2 aromatic rings. The lowest BCUT2D eigenvalue weighted by molar-refractivity contribution is 0.684. The van der Waals surface area contributed by atoms with E-state index in [1.54, 1.807) is 16.9 Å². The molecular weight excluding hydrogens is 176 g/mol. The van der Waals surface area contributed by atoms with Gasteiger partial charge in [-0.3, -0.25) is 9.67 Å². The van der Waals surface area contributed by atoms with E-state index >= 15 is 0 Å². The first-order valence-electron chi connectivity index (χ1n) is 4.45. The van der Waals surface area contributed by atoms with Crippen LogP contribution in [-0.4, -0.2) is 14.8 Å². The van der Waals surface area contributed by atoms with Crippen molar-refractivity contribution >= 4 is 5.82 Å². The molecule has 0 amide bonds. The average Bonchev–Trinajstić information content (AvgIpc) is 2.56. The molecule has 2 rings (SSSR count). The van der Waals surface area contributed by atoms with Gasteiger partial charge in [0.05, 0.1) is 6.54 Å². The fraction of sp³-hybridized carbons (Fsp3) is 0.200. The van der Waals surface area contributed by atoms with Gasteiger partial charge in [0, 0.05) is 18.1 Å². The number of aryl methyl sites for hydroxylation is 1. The quantitative estimate of drug-likeness (QED) is 0.770. The number of hydrogen-bond donors (Lipinski definition) is 1. The van der Waals surface area contributed by atoms with Gasteiger partial charge in [-0.15, -0.1) is 0 Å². The minimum absolute atomic E-state index is 0.548. The second kappa shape index (κ2) is 3.49. The molecule has 0 saturated carbocycles. The number of aromatic nitrogens is 3. The molecule has 0 fully saturated rings. The summed E-state index contributed by atoms with van der Waals surface area (Å²) in [6, 6.07) is 5.75. The van der Waals surface area contributed by atoms with E-state index in [0.717, 1.165) is 17.8 Å². The van der Waals surface area contributed by atoms with Crippen molar-refractivity contribution in [3.8, 4) is 0 Å². The Bertz CT molecular complexity index is 433. The number of nitrogens with two attached hydrogens (primary N) is 1. The van der Waals surface area contributed by atoms with E-state index < -0.39 is 0 Å². The Morgan fingerprint density at radius 2 is 2.29 bits per heavy atom. The molecule has 0 radical (unpaired) electrons. The number of rotatable bonds is 2. The zero-order valence-corrected chi connectivity index (χ0v) is 8.01. The predicted molar refractivity (Wildman–Crippen MR) is 54.7 cm³/mol. The van der Waals surface area contributed by atoms with Gasteiger partial charge >= 0.3 is 0 Å². The zero-order valence-electron chi connectivity index (χ0n) is 8.01. The third-order valence-corrected chi connectivity index (χ3v) is 2.11. The highest BCUT2D eigenvalue weighted by Gasteiger charge is 2.00. The first-order chi connectivity index (χ1) is 6.75. The maximum absolute atomic E-state index is 5.52. The molecule has 0 unspecified atom stereocenters. The molecule has 0 aliphatic heterocycles. The first kappa shape index (κ1) is 8.74. The predicted octanol–water partition coefficient (Wildman–Crippen LogP) is 1.22. The van der Waals surface area contributed by atoms with Crippen molar-refractivity contribution in [1.82, 2.24) is 14.8 Å². The second-order valence-electron chi connectivity index (χ2n) is 3.19. The summed E-state index contributed by atoms with van der Waals surface area (Å²) < 4.78 is 1.80. The Hall–Kier alpha value is -1.84. The molecule has 0 aliphatic rings. The van der Waals surface area contributed by atoms with Crippen LogP contribution in [0.3, 0.4) is 0 Å². The van der Waals surface area contributed by atoms with Crippen molar-refractivity contribution in [2.24, 2.45) is 0 Å². The lowest BCUT2D eigenvalue weighted by Crippen LogP contribution is -2.03. The van der Waals surface area contributed by atoms with Gasteiger partial charge in [-0.1, -0.05) is 6.07 Å². The van der Waals surface area contributed by atoms with Gasteiger partial charge in [0.25, 0.3) is 0 Å². The molecule has 0 aliphatic carbocycles. The normalized spacial score (nSPS) is 10.4. The van der Waals surface area contributed by atoms with Gasteiger partial charge in [0.15, 0.2) is 0 Å². The van der Waals surface area contributed by atoms with Gasteiger partial charge < -0.3 is 5.73 Å². The van der Waals surface area contributed by atoms with Gasteiger partial charge in [0.1, 0.15) is 5.82 Å². The molecule has 0 bridgehead atoms. The number of pyridine rings is 1. The molecule has 0 spiro atoms. The van der Waals surface area contributed by atoms with Crippen LogP contribution in [0.25, 0.3) is 0 Å². The van der Waals surface area contributed by atoms with Crippen molar-refractivity contribution in [3.05, 3.63) is 41.9 Å². The summed E-state index contributed by atoms with van der Waals surface area (Å²) in [5.74, 6) is 0.548. The van der Waals surface area contributed by atoms with Gasteiger partial charge in [-0.25, -0.2) is 0 Å². The molecule has 0 aromatic carbocycles. The lowest BCUT2D eigenvalue weighted by Gasteiger charge is -2.03. The zero-order chi connectivity index (χ0) is 9.97. The van der Waals surface area contributed by atoms with Gasteiger partial charge in [-0.2, -0.15) is 5.10 Å². The monoisotopic (exact) mass is 188 g/mol. The lowest BCUT2D eigenvalue weighted by atomic mass is 10.2. The number of anilines is 1. The molecular formula is C10H12N4. The maximum Gasteiger partial charge on any atom is 0.145 e. The largest absolute Gasteiger partial charge is 0.382 e. The smallest absolute Gasteiger partial charge is 0.145 e. The maximum atomic E-state index is 5.52. The van der Waals surface area contributed by atoms with Crippen LogP contribution in [0.15, 0.2) is 30.6 Å². The van der Waals surface area contributed by atoms with Crippen molar-refractivity contribution in [2.45, 2.75) is 13.5 Å². The van der Waals surface area contributed by atoms with Crippen LogP contribution in [-0.2, 0) is 6.54 Å². The molecule has 2 heterocycles. The molecule has 2 aromatic heterocycles. The summed E-state index contributed by atoms with van der Waals surface area (Å²) in [6.45, 7) is 2.71. The molecule has 72 valence electrons. The number of nitrogens with zero attached hydrogens (tertiary/aromatic N) is 3. The van der Waals surface area contributed by atoms with E-state index in [2.05, 4.69) is 10.1 Å². The topological polar surface area (TPSA) is 56.7 Å². The fourth-order valence-electron chi connectivity index (χ4n) is 1.32. The number of nitrogen functional groups attached to an aromatic ring is 1. The van der Waals surface area contributed by atoms with Crippen LogP contribution in [0.5, 0.6) is 0 Å². The van der Waals surface area contributed by atoms with Crippen molar-refractivity contribution in [2.75, 3.05) is 5.73 Å². The average molecular weight is 188 g/mol. The standard InChI is InChI=1S/C10H12N4/c1-8-9(3-2-5-12-8)7-14-6-4-10(11)13-14/h2-6H,7H2,1H3,(H2,11,13). The highest BCUT2D eigenvalue weighted by atomic mass is 15.3. The summed E-state index contributed by atoms with van der Waals surface area (Å²) in [5, 5.41) is 4.11. The van der Waals surface area contributed by atoms with E-state index in [1.807, 2.05) is 25.3 Å². The molecule has 0 saturated heterocycles. The van der Waals surface area contributed by atoms with E-state index in [4.69, 9.17) is 5.73 Å². The van der Waals surface area contributed by atoms with E-state index in [0.29, 0.717) is 5.82 Å². The van der Waals surface area contributed by atoms with Crippen LogP contribution in [0.1, 0.15) is 11.3 Å². The summed E-state index contributed by atoms with van der Waals surface area (Å²) >= 11 is 0. The highest BCUT2D eigenvalue weighted by Crippen LogP contribution is 2.06. The third kappa shape index (κ3) is 1.74. The summed E-state index contributed by atoms with van der Waals surface area (Å²) in [5.41, 5.74) is 7.71. The van der Waals surface area contributed by atoms with Crippen molar-refractivity contribution in [1.29, 1.82) is 0 Å². The molecule has 2 N–H and O–H groups in total. The van der Waals surface area contributed by atoms with Gasteiger partial charge in [-0.05, 0) is 24.6 Å². The van der Waals surface area contributed by atoms with Crippen LogP contribution in [0.2, 0.25) is 0 Å². The Morgan fingerprint density at radius 3 is 2.93 bits per heavy atom. The third-order valence-electron chi connectivity index (χ3n) is 2.11. The van der Waals surface area contributed by atoms with E-state index in [-0.39, 0.29) is 0 Å². The number of hydrogen-bond acceptors (Lipinski definition) is 3. The summed E-state index contributed by atoms with van der Waals surface area (Å²) in [7, 11) is 0. The van der Waals surface area contributed by atoms with E-state index in [1.165, 1.54) is 0 Å². The second-order valence-corrected chi connectivity index (χ2v) is 3.19. The first-order valence-corrected chi connectivity index (χ1v) is 4.45. The van der Waals surface area contributed by atoms with Crippen LogP contribution < -0.4 is 5.73 Å². The summed E-state index contributed by atoms with van der Waals surface area (Å²) in [4.78, 5) is 4.21. The van der Waals surface area contributed by atoms with Crippen molar-refractivity contribution in [3.63, 3.8) is 0 Å². The molecule has 4 nitrogen and oxygen atoms in total. The fourth-order valence-corrected chi connectivity index (χ4v) is 1.32. The Balaban J connectivity index is 2.23. The van der Waals surface area contributed by atoms with Crippen LogP contribution in [0, 0.1) is 6.92 Å². The minimum Gasteiger partial charge on any atom is -0.382 e. The molecule has 4 heteroatoms. The van der Waals surface area contributed by atoms with Crippen molar-refractivity contribution < 1.29 is 0 Å². The minimum atomic E-state index is 0.548. The Kier molecular flexibility index (Phi) is 2.18. The molecule has 14 heavy (non-hydrogen) atoms. The Labute approximate surface area is 82.4 Å². The molecule has 0 atom stereocenters. The highest BCUT2D eigenvalue weighted by molar-refractivity contribution is 5.25. The summed E-state index contributed by atoms with van der Waals surface area (Å²) in [6.07, 6.45) is 3.65. The van der Waals surface area contributed by atoms with Gasteiger partial charge in [0.2, 0.25) is 0 Å². The van der Waals surface area contributed by atoms with Crippen LogP contribution >= 0.6 is 0 Å². The van der Waals surface area contributed by atoms with Crippen LogP contribution in [0.4, 0.5) is 5.82 Å².